The number of piperidine rings is 2. The molecule has 0 bridgehead atoms. The molecule has 1 amide bonds. The van der Waals surface area contributed by atoms with E-state index >= 15 is 0 Å². The molecule has 4 atom stereocenters. The van der Waals surface area contributed by atoms with Crippen molar-refractivity contribution in [3.05, 3.63) is 35.4 Å². The monoisotopic (exact) mass is 430 g/mol. The van der Waals surface area contributed by atoms with Crippen molar-refractivity contribution >= 4 is 5.91 Å². The van der Waals surface area contributed by atoms with Gasteiger partial charge in [-0.2, -0.15) is 22.0 Å². The Bertz CT molecular complexity index is 792. The van der Waals surface area contributed by atoms with E-state index in [4.69, 9.17) is 0 Å². The average molecular weight is 430 g/mol. The number of carbonyl (C=O) groups excluding carboxylic acids is 1. The van der Waals surface area contributed by atoms with Crippen molar-refractivity contribution in [1.29, 1.82) is 0 Å². The Hall–Kier alpha value is -1.70. The number of carbonyl (C=O) groups is 1. The van der Waals surface area contributed by atoms with Crippen molar-refractivity contribution in [2.45, 2.75) is 57.3 Å². The molecule has 3 saturated heterocycles. The number of likely N-dealkylation sites (tertiary alicyclic amines) is 1. The maximum Gasteiger partial charge on any atom is 0.416 e. The van der Waals surface area contributed by atoms with Gasteiger partial charge >= 0.3 is 6.18 Å². The van der Waals surface area contributed by atoms with Crippen LogP contribution in [0.3, 0.4) is 0 Å². The van der Waals surface area contributed by atoms with E-state index in [9.17, 15) is 26.7 Å². The molecule has 3 nitrogen and oxygen atoms in total. The Kier molecular flexibility index (Phi) is 5.36. The van der Waals surface area contributed by atoms with Crippen LogP contribution in [0.2, 0.25) is 0 Å². The van der Waals surface area contributed by atoms with Gasteiger partial charge in [0, 0.05) is 37.2 Å². The van der Waals surface area contributed by atoms with Gasteiger partial charge in [-0.05, 0) is 42.7 Å². The molecule has 8 heteroatoms. The first-order valence-electron chi connectivity index (χ1n) is 10.6. The Balaban J connectivity index is 1.49. The zero-order valence-corrected chi connectivity index (χ0v) is 17.1. The van der Waals surface area contributed by atoms with Gasteiger partial charge in [-0.15, -0.1) is 0 Å². The maximum absolute atomic E-state index is 14.9. The predicted molar refractivity (Wildman–Crippen MR) is 102 cm³/mol. The Morgan fingerprint density at radius 1 is 1.00 bits per heavy atom. The highest BCUT2D eigenvalue weighted by atomic mass is 19.4. The van der Waals surface area contributed by atoms with Crippen LogP contribution in [0.1, 0.15) is 44.2 Å². The largest absolute Gasteiger partial charge is 0.416 e. The summed E-state index contributed by atoms with van der Waals surface area (Å²) in [4.78, 5) is 16.3. The van der Waals surface area contributed by atoms with Crippen molar-refractivity contribution < 1.29 is 26.7 Å². The molecule has 30 heavy (non-hydrogen) atoms. The summed E-state index contributed by atoms with van der Waals surface area (Å²) in [6.45, 7) is 4.65. The summed E-state index contributed by atoms with van der Waals surface area (Å²) >= 11 is 0. The number of alkyl halides is 5. The standard InChI is InChI=1S/C22H27F5N2O/c1-13(2)18-9-15-11-28(10-14-3-8-19(30)29(18)20(14)15)12-21(23,24)16-4-6-17(7-5-16)22(25,26)27/h4-7,13-15,18,20H,3,8-12H2,1-2H3/t14-,15?,18-,20?/m1/s1. The second-order valence-electron chi connectivity index (χ2n) is 9.37. The van der Waals surface area contributed by atoms with E-state index in [1.165, 1.54) is 0 Å². The Morgan fingerprint density at radius 2 is 1.60 bits per heavy atom. The topological polar surface area (TPSA) is 23.6 Å². The lowest BCUT2D eigenvalue weighted by Crippen LogP contribution is -2.58. The third-order valence-corrected chi connectivity index (χ3v) is 7.02. The van der Waals surface area contributed by atoms with Crippen molar-refractivity contribution in [2.75, 3.05) is 19.6 Å². The predicted octanol–water partition coefficient (Wildman–Crippen LogP) is 4.76. The normalized spacial score (nSPS) is 30.1. The minimum atomic E-state index is -4.55. The molecule has 3 heterocycles. The summed E-state index contributed by atoms with van der Waals surface area (Å²) in [5, 5.41) is 0. The number of amides is 1. The smallest absolute Gasteiger partial charge is 0.336 e. The summed E-state index contributed by atoms with van der Waals surface area (Å²) in [5.41, 5.74) is -1.33. The van der Waals surface area contributed by atoms with Crippen LogP contribution < -0.4 is 0 Å². The molecule has 0 aliphatic carbocycles. The average Bonchev–Trinajstić information content (AvgIpc) is 3.05. The molecule has 0 spiro atoms. The minimum absolute atomic E-state index is 0.134. The molecule has 3 aliphatic rings. The highest BCUT2D eigenvalue weighted by Gasteiger charge is 2.53. The summed E-state index contributed by atoms with van der Waals surface area (Å²) in [7, 11) is 0. The van der Waals surface area contributed by atoms with Crippen LogP contribution in [-0.2, 0) is 16.9 Å². The quantitative estimate of drug-likeness (QED) is 0.643. The third kappa shape index (κ3) is 3.83. The van der Waals surface area contributed by atoms with Crippen molar-refractivity contribution in [3.8, 4) is 0 Å². The molecule has 1 aromatic rings. The van der Waals surface area contributed by atoms with Gasteiger partial charge in [-0.3, -0.25) is 9.69 Å². The van der Waals surface area contributed by atoms with Crippen molar-refractivity contribution in [1.82, 2.24) is 9.80 Å². The molecule has 1 aromatic carbocycles. The molecule has 2 unspecified atom stereocenters. The first kappa shape index (κ1) is 21.5. The number of halogens is 5. The fourth-order valence-electron chi connectivity index (χ4n) is 5.70. The zero-order chi connectivity index (χ0) is 21.8. The second kappa shape index (κ2) is 7.46. The first-order valence-corrected chi connectivity index (χ1v) is 10.6. The van der Waals surface area contributed by atoms with Crippen LogP contribution in [0.25, 0.3) is 0 Å². The van der Waals surface area contributed by atoms with Crippen LogP contribution in [0, 0.1) is 17.8 Å². The van der Waals surface area contributed by atoms with E-state index in [0.29, 0.717) is 44.0 Å². The maximum atomic E-state index is 14.9. The van der Waals surface area contributed by atoms with Gasteiger partial charge in [0.15, 0.2) is 0 Å². The number of hydrogen-bond acceptors (Lipinski definition) is 2. The third-order valence-electron chi connectivity index (χ3n) is 7.02. The van der Waals surface area contributed by atoms with E-state index in [-0.39, 0.29) is 29.8 Å². The van der Waals surface area contributed by atoms with E-state index < -0.39 is 29.8 Å². The van der Waals surface area contributed by atoms with Crippen molar-refractivity contribution in [2.24, 2.45) is 17.8 Å². The number of nitrogens with zero attached hydrogens (tertiary/aromatic N) is 2. The molecule has 4 rings (SSSR count). The fourth-order valence-corrected chi connectivity index (χ4v) is 5.70. The summed E-state index contributed by atoms with van der Waals surface area (Å²) < 4.78 is 68.0. The van der Waals surface area contributed by atoms with E-state index in [0.717, 1.165) is 18.6 Å². The highest BCUT2D eigenvalue weighted by molar-refractivity contribution is 5.78. The lowest BCUT2D eigenvalue weighted by Gasteiger charge is -2.48. The second-order valence-corrected chi connectivity index (χ2v) is 9.37. The molecular weight excluding hydrogens is 403 g/mol. The van der Waals surface area contributed by atoms with E-state index in [1.807, 2.05) is 4.90 Å². The van der Waals surface area contributed by atoms with Gasteiger partial charge in [0.05, 0.1) is 12.1 Å². The van der Waals surface area contributed by atoms with Gasteiger partial charge in [-0.25, -0.2) is 0 Å². The molecule has 3 fully saturated rings. The SMILES string of the molecule is CC(C)[C@H]1CC2CN(CC(F)(F)c3ccc(C(F)(F)F)cc3)C[C@H]3CCC(=O)N1C23. The Morgan fingerprint density at radius 3 is 2.20 bits per heavy atom. The number of rotatable bonds is 4. The summed E-state index contributed by atoms with van der Waals surface area (Å²) in [6, 6.07) is 3.47. The Labute approximate surface area is 173 Å². The van der Waals surface area contributed by atoms with Crippen LogP contribution in [-0.4, -0.2) is 47.4 Å². The fraction of sp³-hybridized carbons (Fsp3) is 0.682. The van der Waals surface area contributed by atoms with E-state index in [2.05, 4.69) is 13.8 Å². The van der Waals surface area contributed by atoms with Gasteiger partial charge in [-0.1, -0.05) is 26.0 Å². The van der Waals surface area contributed by atoms with Crippen molar-refractivity contribution in [3.63, 3.8) is 0 Å². The van der Waals surface area contributed by atoms with Crippen LogP contribution in [0.15, 0.2) is 24.3 Å². The van der Waals surface area contributed by atoms with Crippen LogP contribution in [0.4, 0.5) is 22.0 Å². The van der Waals surface area contributed by atoms with E-state index in [1.54, 1.807) is 4.90 Å². The molecule has 0 saturated carbocycles. The number of benzene rings is 1. The van der Waals surface area contributed by atoms with Gasteiger partial charge in [0.1, 0.15) is 0 Å². The summed E-state index contributed by atoms with van der Waals surface area (Å²) in [5.74, 6) is -2.39. The lowest BCUT2D eigenvalue weighted by atomic mass is 9.79. The molecular formula is C22H27F5N2O. The van der Waals surface area contributed by atoms with Crippen LogP contribution >= 0.6 is 0 Å². The number of hydrogen-bond donors (Lipinski definition) is 0. The molecule has 3 aliphatic heterocycles. The highest BCUT2D eigenvalue weighted by Crippen LogP contribution is 2.46. The molecule has 0 aromatic heterocycles. The first-order chi connectivity index (χ1) is 14.0. The van der Waals surface area contributed by atoms with Gasteiger partial charge in [0.25, 0.3) is 5.92 Å². The molecule has 0 radical (unpaired) electrons. The lowest BCUT2D eigenvalue weighted by molar-refractivity contribution is -0.143. The van der Waals surface area contributed by atoms with Gasteiger partial charge < -0.3 is 4.90 Å². The minimum Gasteiger partial charge on any atom is -0.336 e. The summed E-state index contributed by atoms with van der Waals surface area (Å²) in [6.07, 6.45) is -2.55. The molecule has 0 N–H and O–H groups in total. The van der Waals surface area contributed by atoms with Gasteiger partial charge in [0.2, 0.25) is 5.91 Å². The molecule has 166 valence electrons. The zero-order valence-electron chi connectivity index (χ0n) is 17.1. The van der Waals surface area contributed by atoms with Crippen LogP contribution in [0.5, 0.6) is 0 Å².